The van der Waals surface area contributed by atoms with Crippen LogP contribution in [0, 0.1) is 0 Å². The minimum atomic E-state index is -4.44. The monoisotopic (exact) mass is 248 g/mol. The molecular formula is C12H15F3O2. The normalized spacial score (nSPS) is 13.5. The summed E-state index contributed by atoms with van der Waals surface area (Å²) in [6, 6.07) is 4.98. The minimum absolute atomic E-state index is 0.124. The number of ether oxygens (including phenoxy) is 1. The highest BCUT2D eigenvalue weighted by Gasteiger charge is 2.34. The molecule has 0 saturated carbocycles. The maximum atomic E-state index is 12.6. The van der Waals surface area contributed by atoms with Crippen molar-refractivity contribution in [2.75, 3.05) is 6.61 Å². The lowest BCUT2D eigenvalue weighted by molar-refractivity contribution is -0.139. The SMILES string of the molecule is CCCC(O)COc1ccccc1C(F)(F)F. The number of benzene rings is 1. The third-order valence-electron chi connectivity index (χ3n) is 2.25. The van der Waals surface area contributed by atoms with Crippen LogP contribution in [0.15, 0.2) is 24.3 Å². The summed E-state index contributed by atoms with van der Waals surface area (Å²) in [5.41, 5.74) is -0.816. The fraction of sp³-hybridized carbons (Fsp3) is 0.500. The second-order valence-corrected chi connectivity index (χ2v) is 3.75. The van der Waals surface area contributed by atoms with E-state index in [1.807, 2.05) is 6.92 Å². The average Bonchev–Trinajstić information content (AvgIpc) is 2.26. The van der Waals surface area contributed by atoms with Crippen LogP contribution in [-0.2, 0) is 6.18 Å². The molecule has 0 amide bonds. The summed E-state index contributed by atoms with van der Waals surface area (Å²) in [5, 5.41) is 9.40. The highest BCUT2D eigenvalue weighted by molar-refractivity contribution is 5.35. The van der Waals surface area contributed by atoms with Crippen molar-refractivity contribution in [3.8, 4) is 5.75 Å². The standard InChI is InChI=1S/C12H15F3O2/c1-2-5-9(16)8-17-11-7-4-3-6-10(11)12(13,14)15/h3-4,6-7,9,16H,2,5,8H2,1H3. The lowest BCUT2D eigenvalue weighted by atomic mass is 10.2. The van der Waals surface area contributed by atoms with E-state index < -0.39 is 17.8 Å². The molecule has 0 fully saturated rings. The Morgan fingerprint density at radius 3 is 2.53 bits per heavy atom. The molecular weight excluding hydrogens is 233 g/mol. The smallest absolute Gasteiger partial charge is 0.419 e. The Morgan fingerprint density at radius 1 is 1.29 bits per heavy atom. The van der Waals surface area contributed by atoms with Gasteiger partial charge in [0.1, 0.15) is 12.4 Å². The van der Waals surface area contributed by atoms with E-state index in [0.717, 1.165) is 12.5 Å². The van der Waals surface area contributed by atoms with Gasteiger partial charge in [0.05, 0.1) is 11.7 Å². The molecule has 5 heteroatoms. The third kappa shape index (κ3) is 4.26. The Morgan fingerprint density at radius 2 is 1.94 bits per heavy atom. The van der Waals surface area contributed by atoms with Gasteiger partial charge in [-0.1, -0.05) is 25.5 Å². The molecule has 1 unspecified atom stereocenters. The molecule has 1 aromatic rings. The predicted octanol–water partition coefficient (Wildman–Crippen LogP) is 3.25. The predicted molar refractivity (Wildman–Crippen MR) is 57.9 cm³/mol. The molecule has 2 nitrogen and oxygen atoms in total. The summed E-state index contributed by atoms with van der Waals surface area (Å²) in [7, 11) is 0. The van der Waals surface area contributed by atoms with Crippen LogP contribution in [-0.4, -0.2) is 17.8 Å². The van der Waals surface area contributed by atoms with Gasteiger partial charge in [0.25, 0.3) is 0 Å². The molecule has 1 atom stereocenters. The summed E-state index contributed by atoms with van der Waals surface area (Å²) < 4.78 is 42.7. The maximum absolute atomic E-state index is 12.6. The number of rotatable bonds is 5. The summed E-state index contributed by atoms with van der Waals surface area (Å²) in [4.78, 5) is 0. The molecule has 0 bridgehead atoms. The number of halogens is 3. The molecule has 0 aliphatic carbocycles. The van der Waals surface area contributed by atoms with E-state index in [0.29, 0.717) is 6.42 Å². The van der Waals surface area contributed by atoms with E-state index >= 15 is 0 Å². The summed E-state index contributed by atoms with van der Waals surface area (Å²) in [6.07, 6.45) is -3.91. The summed E-state index contributed by atoms with van der Waals surface area (Å²) in [5.74, 6) is -0.241. The van der Waals surface area contributed by atoms with Crippen molar-refractivity contribution < 1.29 is 23.0 Å². The number of aliphatic hydroxyl groups excluding tert-OH is 1. The molecule has 0 radical (unpaired) electrons. The van der Waals surface area contributed by atoms with Crippen LogP contribution < -0.4 is 4.74 Å². The quantitative estimate of drug-likeness (QED) is 0.866. The summed E-state index contributed by atoms with van der Waals surface area (Å²) >= 11 is 0. The van der Waals surface area contributed by atoms with Gasteiger partial charge in [0, 0.05) is 0 Å². The van der Waals surface area contributed by atoms with Crippen molar-refractivity contribution in [3.63, 3.8) is 0 Å². The van der Waals surface area contributed by atoms with Gasteiger partial charge in [-0.25, -0.2) is 0 Å². The molecule has 1 aromatic carbocycles. The first-order valence-corrected chi connectivity index (χ1v) is 5.42. The number of alkyl halides is 3. The van der Waals surface area contributed by atoms with Gasteiger partial charge in [-0.2, -0.15) is 13.2 Å². The van der Waals surface area contributed by atoms with Gasteiger partial charge >= 0.3 is 6.18 Å². The number of para-hydroxylation sites is 1. The molecule has 1 rings (SSSR count). The van der Waals surface area contributed by atoms with Gasteiger partial charge in [-0.15, -0.1) is 0 Å². The fourth-order valence-electron chi connectivity index (χ4n) is 1.43. The summed E-state index contributed by atoms with van der Waals surface area (Å²) in [6.45, 7) is 1.76. The van der Waals surface area contributed by atoms with Crippen molar-refractivity contribution in [1.82, 2.24) is 0 Å². The first-order chi connectivity index (χ1) is 7.95. The van der Waals surface area contributed by atoms with Crippen molar-refractivity contribution in [2.45, 2.75) is 32.0 Å². The molecule has 0 spiro atoms. The van der Waals surface area contributed by atoms with E-state index in [4.69, 9.17) is 4.74 Å². The average molecular weight is 248 g/mol. The zero-order valence-corrected chi connectivity index (χ0v) is 9.50. The molecule has 0 heterocycles. The van der Waals surface area contributed by atoms with Gasteiger partial charge in [0.15, 0.2) is 0 Å². The Balaban J connectivity index is 2.71. The highest BCUT2D eigenvalue weighted by atomic mass is 19.4. The van der Waals surface area contributed by atoms with Crippen LogP contribution in [0.1, 0.15) is 25.3 Å². The van der Waals surface area contributed by atoms with Crippen molar-refractivity contribution in [3.05, 3.63) is 29.8 Å². The van der Waals surface area contributed by atoms with Crippen LogP contribution in [0.3, 0.4) is 0 Å². The molecule has 0 saturated heterocycles. The highest BCUT2D eigenvalue weighted by Crippen LogP contribution is 2.35. The Labute approximate surface area is 98.0 Å². The molecule has 1 N–H and O–H groups in total. The van der Waals surface area contributed by atoms with E-state index in [1.165, 1.54) is 18.2 Å². The fourth-order valence-corrected chi connectivity index (χ4v) is 1.43. The Bertz CT molecular complexity index is 350. The van der Waals surface area contributed by atoms with Gasteiger partial charge in [-0.05, 0) is 18.6 Å². The molecule has 0 aromatic heterocycles. The topological polar surface area (TPSA) is 29.5 Å². The van der Waals surface area contributed by atoms with E-state index in [9.17, 15) is 18.3 Å². The van der Waals surface area contributed by atoms with Crippen LogP contribution >= 0.6 is 0 Å². The molecule has 0 aliphatic rings. The van der Waals surface area contributed by atoms with Crippen molar-refractivity contribution in [2.24, 2.45) is 0 Å². The molecule has 17 heavy (non-hydrogen) atoms. The van der Waals surface area contributed by atoms with Crippen LogP contribution in [0.2, 0.25) is 0 Å². The van der Waals surface area contributed by atoms with Crippen molar-refractivity contribution >= 4 is 0 Å². The Hall–Kier alpha value is -1.23. The van der Waals surface area contributed by atoms with Gasteiger partial charge < -0.3 is 9.84 Å². The van der Waals surface area contributed by atoms with Crippen LogP contribution in [0.25, 0.3) is 0 Å². The first-order valence-electron chi connectivity index (χ1n) is 5.42. The first kappa shape index (κ1) is 13.8. The zero-order valence-electron chi connectivity index (χ0n) is 9.50. The number of aliphatic hydroxyl groups is 1. The zero-order chi connectivity index (χ0) is 12.9. The maximum Gasteiger partial charge on any atom is 0.419 e. The van der Waals surface area contributed by atoms with Crippen molar-refractivity contribution in [1.29, 1.82) is 0 Å². The van der Waals surface area contributed by atoms with E-state index in [1.54, 1.807) is 0 Å². The number of hydrogen-bond acceptors (Lipinski definition) is 2. The lowest BCUT2D eigenvalue weighted by Crippen LogP contribution is -2.18. The van der Waals surface area contributed by atoms with Gasteiger partial charge in [-0.3, -0.25) is 0 Å². The Kier molecular flexibility index (Phi) is 4.81. The third-order valence-corrected chi connectivity index (χ3v) is 2.25. The largest absolute Gasteiger partial charge is 0.490 e. The van der Waals surface area contributed by atoms with Gasteiger partial charge in [0.2, 0.25) is 0 Å². The lowest BCUT2D eigenvalue weighted by Gasteiger charge is -2.15. The van der Waals surface area contributed by atoms with Crippen LogP contribution in [0.5, 0.6) is 5.75 Å². The second-order valence-electron chi connectivity index (χ2n) is 3.75. The number of hydrogen-bond donors (Lipinski definition) is 1. The minimum Gasteiger partial charge on any atom is -0.490 e. The van der Waals surface area contributed by atoms with E-state index in [2.05, 4.69) is 0 Å². The van der Waals surface area contributed by atoms with Crippen LogP contribution in [0.4, 0.5) is 13.2 Å². The molecule has 96 valence electrons. The second kappa shape index (κ2) is 5.91. The van der Waals surface area contributed by atoms with E-state index in [-0.39, 0.29) is 12.4 Å². The molecule has 0 aliphatic heterocycles.